The molecule has 0 atom stereocenters. The molecule has 1 aromatic carbocycles. The van der Waals surface area contributed by atoms with Crippen molar-refractivity contribution in [2.45, 2.75) is 6.92 Å². The smallest absolute Gasteiger partial charge is 0.258 e. The van der Waals surface area contributed by atoms with Gasteiger partial charge in [-0.25, -0.2) is 4.68 Å². The quantitative estimate of drug-likeness (QED) is 0.453. The van der Waals surface area contributed by atoms with Crippen LogP contribution in [0.1, 0.15) is 11.1 Å². The van der Waals surface area contributed by atoms with Gasteiger partial charge < -0.3 is 0 Å². The fourth-order valence-electron chi connectivity index (χ4n) is 1.29. The van der Waals surface area contributed by atoms with E-state index in [2.05, 4.69) is 15.3 Å². The minimum absolute atomic E-state index is 0.0812. The lowest BCUT2D eigenvalue weighted by Gasteiger charge is -1.98. The molecular formula is C10H9N5O2. The van der Waals surface area contributed by atoms with Gasteiger partial charge in [0.2, 0.25) is 0 Å². The van der Waals surface area contributed by atoms with Crippen molar-refractivity contribution in [3.05, 3.63) is 52.1 Å². The minimum atomic E-state index is -0.411. The molecule has 2 aromatic rings. The normalized spacial score (nSPS) is 10.9. The number of nitrogens with zero attached hydrogens (tertiary/aromatic N) is 5. The van der Waals surface area contributed by atoms with E-state index in [1.807, 2.05) is 0 Å². The Morgan fingerprint density at radius 2 is 2.12 bits per heavy atom. The lowest BCUT2D eigenvalue weighted by atomic mass is 10.1. The van der Waals surface area contributed by atoms with Gasteiger partial charge in [-0.05, 0) is 6.92 Å². The van der Waals surface area contributed by atoms with Crippen molar-refractivity contribution in [3.8, 4) is 0 Å². The zero-order valence-electron chi connectivity index (χ0n) is 9.02. The largest absolute Gasteiger partial charge is 0.272 e. The highest BCUT2D eigenvalue weighted by atomic mass is 16.6. The maximum Gasteiger partial charge on any atom is 0.272 e. The highest BCUT2D eigenvalue weighted by molar-refractivity contribution is 5.80. The Hall–Kier alpha value is -2.57. The summed E-state index contributed by atoms with van der Waals surface area (Å²) in [6.45, 7) is 1.69. The fourth-order valence-corrected chi connectivity index (χ4v) is 1.29. The van der Waals surface area contributed by atoms with Crippen molar-refractivity contribution < 1.29 is 4.92 Å². The molecule has 17 heavy (non-hydrogen) atoms. The zero-order valence-corrected chi connectivity index (χ0v) is 9.02. The first-order chi connectivity index (χ1) is 8.16. The van der Waals surface area contributed by atoms with Gasteiger partial charge >= 0.3 is 0 Å². The van der Waals surface area contributed by atoms with Gasteiger partial charge in [-0.2, -0.15) is 5.10 Å². The van der Waals surface area contributed by atoms with Crippen molar-refractivity contribution in [1.29, 1.82) is 0 Å². The first-order valence-corrected chi connectivity index (χ1v) is 4.81. The molecule has 0 bridgehead atoms. The molecule has 2 rings (SSSR count). The number of hydrogen-bond acceptors (Lipinski definition) is 5. The third-order valence-electron chi connectivity index (χ3n) is 2.18. The third kappa shape index (κ3) is 2.51. The van der Waals surface area contributed by atoms with Crippen molar-refractivity contribution in [1.82, 2.24) is 14.9 Å². The summed E-state index contributed by atoms with van der Waals surface area (Å²) in [6, 6.07) is 4.92. The lowest BCUT2D eigenvalue weighted by Crippen LogP contribution is -1.94. The SMILES string of the molecule is Cc1ccc(/C=N\n2cnnc2)cc1[N+](=O)[O-]. The van der Waals surface area contributed by atoms with E-state index < -0.39 is 4.92 Å². The highest BCUT2D eigenvalue weighted by Crippen LogP contribution is 2.18. The van der Waals surface area contributed by atoms with E-state index in [0.717, 1.165) is 0 Å². The predicted octanol–water partition coefficient (Wildman–Crippen LogP) is 1.38. The van der Waals surface area contributed by atoms with Crippen LogP contribution in [-0.4, -0.2) is 26.0 Å². The second kappa shape index (κ2) is 4.52. The van der Waals surface area contributed by atoms with Gasteiger partial charge in [-0.3, -0.25) is 10.1 Å². The Kier molecular flexibility index (Phi) is 2.91. The van der Waals surface area contributed by atoms with Crippen LogP contribution in [0, 0.1) is 17.0 Å². The summed E-state index contributed by atoms with van der Waals surface area (Å²) >= 11 is 0. The maximum atomic E-state index is 10.7. The van der Waals surface area contributed by atoms with Crippen LogP contribution in [0.5, 0.6) is 0 Å². The molecule has 86 valence electrons. The van der Waals surface area contributed by atoms with Crippen molar-refractivity contribution >= 4 is 11.9 Å². The van der Waals surface area contributed by atoms with Gasteiger partial charge in [0.1, 0.15) is 12.7 Å². The third-order valence-corrected chi connectivity index (χ3v) is 2.18. The fraction of sp³-hybridized carbons (Fsp3) is 0.100. The average Bonchev–Trinajstić information content (AvgIpc) is 2.80. The predicted molar refractivity (Wildman–Crippen MR) is 60.8 cm³/mol. The van der Waals surface area contributed by atoms with Crippen LogP contribution in [0.2, 0.25) is 0 Å². The number of nitro benzene ring substituents is 1. The van der Waals surface area contributed by atoms with Crippen LogP contribution < -0.4 is 0 Å². The van der Waals surface area contributed by atoms with Gasteiger partial charge in [-0.1, -0.05) is 12.1 Å². The molecular weight excluding hydrogens is 222 g/mol. The molecule has 0 amide bonds. The number of aryl methyl sites for hydroxylation is 1. The molecule has 0 aliphatic heterocycles. The molecule has 0 saturated heterocycles. The second-order valence-corrected chi connectivity index (χ2v) is 3.39. The molecule has 0 N–H and O–H groups in total. The zero-order chi connectivity index (χ0) is 12.3. The van der Waals surface area contributed by atoms with E-state index in [0.29, 0.717) is 11.1 Å². The van der Waals surface area contributed by atoms with Gasteiger partial charge in [0.25, 0.3) is 5.69 Å². The first-order valence-electron chi connectivity index (χ1n) is 4.81. The summed E-state index contributed by atoms with van der Waals surface area (Å²) < 4.78 is 1.41. The monoisotopic (exact) mass is 231 g/mol. The van der Waals surface area contributed by atoms with Gasteiger partial charge in [-0.15, -0.1) is 10.2 Å². The summed E-state index contributed by atoms with van der Waals surface area (Å²) in [7, 11) is 0. The van der Waals surface area contributed by atoms with E-state index in [4.69, 9.17) is 0 Å². The van der Waals surface area contributed by atoms with Crippen molar-refractivity contribution in [2.75, 3.05) is 0 Å². The van der Waals surface area contributed by atoms with E-state index in [-0.39, 0.29) is 5.69 Å². The number of aromatic nitrogens is 3. The van der Waals surface area contributed by atoms with Crippen LogP contribution in [0.4, 0.5) is 5.69 Å². The Bertz CT molecular complexity index is 562. The van der Waals surface area contributed by atoms with Crippen LogP contribution in [-0.2, 0) is 0 Å². The summed E-state index contributed by atoms with van der Waals surface area (Å²) in [4.78, 5) is 10.3. The molecule has 0 aliphatic carbocycles. The Morgan fingerprint density at radius 1 is 1.41 bits per heavy atom. The van der Waals surface area contributed by atoms with Gasteiger partial charge in [0.05, 0.1) is 11.1 Å². The molecule has 7 nitrogen and oxygen atoms in total. The van der Waals surface area contributed by atoms with E-state index >= 15 is 0 Å². The molecule has 7 heteroatoms. The van der Waals surface area contributed by atoms with Crippen LogP contribution in [0.3, 0.4) is 0 Å². The number of rotatable bonds is 3. The summed E-state index contributed by atoms with van der Waals surface area (Å²) in [5.74, 6) is 0. The lowest BCUT2D eigenvalue weighted by molar-refractivity contribution is -0.385. The Balaban J connectivity index is 2.28. The molecule has 0 fully saturated rings. The molecule has 1 heterocycles. The standard InChI is InChI=1S/C10H9N5O2/c1-8-2-3-9(4-10(8)15(16)17)5-13-14-6-11-12-7-14/h2-7H,1H3/b13-5-. The summed E-state index contributed by atoms with van der Waals surface area (Å²) in [5, 5.41) is 21.9. The number of nitro groups is 1. The molecule has 0 radical (unpaired) electrons. The number of benzene rings is 1. The van der Waals surface area contributed by atoms with Crippen LogP contribution >= 0.6 is 0 Å². The number of hydrogen-bond donors (Lipinski definition) is 0. The summed E-state index contributed by atoms with van der Waals surface area (Å²) in [6.07, 6.45) is 4.37. The van der Waals surface area contributed by atoms with Gasteiger partial charge in [0.15, 0.2) is 0 Å². The van der Waals surface area contributed by atoms with E-state index in [1.165, 1.54) is 29.6 Å². The molecule has 1 aromatic heterocycles. The second-order valence-electron chi connectivity index (χ2n) is 3.39. The average molecular weight is 231 g/mol. The Morgan fingerprint density at radius 3 is 2.76 bits per heavy atom. The first kappa shape index (κ1) is 10.9. The van der Waals surface area contributed by atoms with Crippen molar-refractivity contribution in [3.63, 3.8) is 0 Å². The van der Waals surface area contributed by atoms with Crippen LogP contribution in [0.15, 0.2) is 36.0 Å². The van der Waals surface area contributed by atoms with Gasteiger partial charge in [0, 0.05) is 17.2 Å². The maximum absolute atomic E-state index is 10.7. The van der Waals surface area contributed by atoms with Crippen molar-refractivity contribution in [2.24, 2.45) is 5.10 Å². The molecule has 0 saturated carbocycles. The molecule has 0 unspecified atom stereocenters. The topological polar surface area (TPSA) is 86.2 Å². The molecule has 0 spiro atoms. The Labute approximate surface area is 96.6 Å². The van der Waals surface area contributed by atoms with E-state index in [9.17, 15) is 10.1 Å². The summed E-state index contributed by atoms with van der Waals surface area (Å²) in [5.41, 5.74) is 1.35. The van der Waals surface area contributed by atoms with E-state index in [1.54, 1.807) is 19.1 Å². The van der Waals surface area contributed by atoms with Crippen LogP contribution in [0.25, 0.3) is 0 Å². The highest BCUT2D eigenvalue weighted by Gasteiger charge is 2.09. The minimum Gasteiger partial charge on any atom is -0.258 e. The molecule has 0 aliphatic rings.